The molecule has 0 aliphatic heterocycles. The van der Waals surface area contributed by atoms with Gasteiger partial charge >= 0.3 is 17.7 Å². The van der Waals surface area contributed by atoms with Crippen molar-refractivity contribution in [3.63, 3.8) is 0 Å². The number of carbonyl (C=O) groups is 5. The van der Waals surface area contributed by atoms with Gasteiger partial charge in [0.15, 0.2) is 0 Å². The second-order valence-corrected chi connectivity index (χ2v) is 9.76. The summed E-state index contributed by atoms with van der Waals surface area (Å²) < 4.78 is 0.763. The molecule has 0 fully saturated rings. The average Bonchev–Trinajstić information content (AvgIpc) is 2.96. The number of carbonyl (C=O) groups excluding carboxylic acids is 4. The lowest BCUT2D eigenvalue weighted by atomic mass is 10.0. The second kappa shape index (κ2) is 15.0. The lowest BCUT2D eigenvalue weighted by Gasteiger charge is -2.25. The highest BCUT2D eigenvalue weighted by Gasteiger charge is 2.31. The Morgan fingerprint density at radius 2 is 1.51 bits per heavy atom. The van der Waals surface area contributed by atoms with Gasteiger partial charge in [-0.15, -0.1) is 0 Å². The van der Waals surface area contributed by atoms with Crippen LogP contribution in [0.1, 0.15) is 37.3 Å². The molecule has 1 heterocycles. The Morgan fingerprint density at radius 1 is 0.860 bits per heavy atom. The summed E-state index contributed by atoms with van der Waals surface area (Å²) in [6, 6.07) is 9.78. The molecule has 43 heavy (non-hydrogen) atoms. The molecule has 3 aromatic rings. The number of benzene rings is 2. The predicted octanol–water partition coefficient (Wildman–Crippen LogP) is -0.758. The van der Waals surface area contributed by atoms with Crippen LogP contribution < -0.4 is 38.7 Å². The molecule has 2 aromatic carbocycles. The molecule has 1 aromatic heterocycles. The molecule has 15 nitrogen and oxygen atoms in total. The molecule has 3 unspecified atom stereocenters. The van der Waals surface area contributed by atoms with Crippen LogP contribution in [0.4, 0.5) is 4.79 Å². The number of nitrogens with zero attached hydrogens (tertiary/aromatic N) is 1. The van der Waals surface area contributed by atoms with E-state index in [0.717, 1.165) is 4.57 Å². The van der Waals surface area contributed by atoms with Gasteiger partial charge in [-0.2, -0.15) is 0 Å². The van der Waals surface area contributed by atoms with Gasteiger partial charge in [-0.25, -0.2) is 19.0 Å². The molecule has 0 aliphatic rings. The molecule has 5 amide bonds. The van der Waals surface area contributed by atoms with E-state index in [1.54, 1.807) is 48.5 Å². The molecule has 3 atom stereocenters. The Bertz CT molecular complexity index is 1600. The third kappa shape index (κ3) is 9.01. The van der Waals surface area contributed by atoms with Crippen molar-refractivity contribution in [3.8, 4) is 0 Å². The van der Waals surface area contributed by atoms with Crippen LogP contribution in [0.25, 0.3) is 10.9 Å². The van der Waals surface area contributed by atoms with Crippen LogP contribution in [-0.4, -0.2) is 63.0 Å². The van der Waals surface area contributed by atoms with Crippen molar-refractivity contribution in [1.82, 2.24) is 25.5 Å². The van der Waals surface area contributed by atoms with E-state index in [1.807, 2.05) is 0 Å². The minimum atomic E-state index is -1.45. The monoisotopic (exact) mass is 595 g/mol. The highest BCUT2D eigenvalue weighted by atomic mass is 16.4. The summed E-state index contributed by atoms with van der Waals surface area (Å²) in [7, 11) is 0. The molecule has 0 bridgehead atoms. The molecular weight excluding hydrogens is 562 g/mol. The Morgan fingerprint density at radius 3 is 2.16 bits per heavy atom. The maximum Gasteiger partial charge on any atom is 0.329 e. The molecule has 15 heteroatoms. The van der Waals surface area contributed by atoms with E-state index >= 15 is 0 Å². The van der Waals surface area contributed by atoms with Gasteiger partial charge in [0.1, 0.15) is 18.1 Å². The van der Waals surface area contributed by atoms with Gasteiger partial charge in [0.2, 0.25) is 17.7 Å². The van der Waals surface area contributed by atoms with Crippen molar-refractivity contribution in [1.29, 1.82) is 0 Å². The van der Waals surface area contributed by atoms with E-state index in [9.17, 15) is 38.7 Å². The summed E-state index contributed by atoms with van der Waals surface area (Å²) in [5.74, 6) is -3.97. The van der Waals surface area contributed by atoms with Gasteiger partial charge in [-0.1, -0.05) is 42.5 Å². The van der Waals surface area contributed by atoms with Gasteiger partial charge in [0.25, 0.3) is 5.56 Å². The third-order valence-corrected chi connectivity index (χ3v) is 6.62. The molecule has 0 saturated carbocycles. The SMILES string of the molecule is NC(=O)CCC(NC(=O)C(Cc1ccccc1)n1c(=O)[nH]c2ccccc2c1=O)C(=O)NC(CCCNC(N)=O)C(=O)O. The highest BCUT2D eigenvalue weighted by Crippen LogP contribution is 2.15. The zero-order chi connectivity index (χ0) is 31.5. The van der Waals surface area contributed by atoms with Crippen molar-refractivity contribution in [3.05, 3.63) is 81.0 Å². The number of nitrogens with one attached hydrogen (secondary N) is 4. The fraction of sp³-hybridized carbons (Fsp3) is 0.321. The highest BCUT2D eigenvalue weighted by molar-refractivity contribution is 5.92. The first-order valence-corrected chi connectivity index (χ1v) is 13.4. The Labute approximate surface area is 244 Å². The van der Waals surface area contributed by atoms with Crippen molar-refractivity contribution in [2.45, 2.75) is 50.2 Å². The topological polar surface area (TPSA) is 249 Å². The van der Waals surface area contributed by atoms with Crippen LogP contribution in [-0.2, 0) is 25.6 Å². The van der Waals surface area contributed by atoms with Gasteiger partial charge in [-0.3, -0.25) is 19.2 Å². The minimum Gasteiger partial charge on any atom is -0.480 e. The number of nitrogens with two attached hydrogens (primary N) is 2. The quantitative estimate of drug-likeness (QED) is 0.110. The molecule has 0 aliphatic carbocycles. The maximum absolute atomic E-state index is 13.8. The molecule has 0 radical (unpaired) electrons. The maximum atomic E-state index is 13.8. The smallest absolute Gasteiger partial charge is 0.329 e. The Kier molecular flexibility index (Phi) is 11.1. The van der Waals surface area contributed by atoms with E-state index in [2.05, 4.69) is 20.9 Å². The standard InChI is InChI=1S/C28H33N7O8/c29-22(36)13-12-19(23(37)33-20(26(40)41)11-6-14-31-27(30)42)32-24(38)21(15-16-7-2-1-3-8-16)35-25(39)17-9-4-5-10-18(17)34-28(35)43/h1-5,7-10,19-21H,6,11-15H2,(H2,29,36)(H,32,38)(H,33,37)(H,34,43)(H,40,41)(H3,30,31,42). The third-order valence-electron chi connectivity index (χ3n) is 6.62. The molecule has 0 saturated heterocycles. The first-order chi connectivity index (χ1) is 20.5. The molecular formula is C28H33N7O8. The summed E-state index contributed by atoms with van der Waals surface area (Å²) in [6.07, 6.45) is -0.660. The van der Waals surface area contributed by atoms with E-state index in [-0.39, 0.29) is 49.6 Å². The summed E-state index contributed by atoms with van der Waals surface area (Å²) in [4.78, 5) is 90.3. The van der Waals surface area contributed by atoms with Crippen molar-refractivity contribution < 1.29 is 29.1 Å². The predicted molar refractivity (Wildman–Crippen MR) is 155 cm³/mol. The number of carboxylic acids is 1. The van der Waals surface area contributed by atoms with Crippen molar-refractivity contribution in [2.75, 3.05) is 6.54 Å². The number of carboxylic acid groups (broad SMARTS) is 1. The number of para-hydroxylation sites is 1. The second-order valence-electron chi connectivity index (χ2n) is 9.76. The van der Waals surface area contributed by atoms with E-state index < -0.39 is 59.1 Å². The fourth-order valence-corrected chi connectivity index (χ4v) is 4.47. The number of H-pyrrole nitrogens is 1. The number of amides is 5. The van der Waals surface area contributed by atoms with Gasteiger partial charge in [0, 0.05) is 19.4 Å². The zero-order valence-corrected chi connectivity index (χ0v) is 23.1. The van der Waals surface area contributed by atoms with Crippen LogP contribution in [0.5, 0.6) is 0 Å². The van der Waals surface area contributed by atoms with E-state index in [1.165, 1.54) is 6.07 Å². The molecule has 228 valence electrons. The van der Waals surface area contributed by atoms with Crippen molar-refractivity contribution in [2.24, 2.45) is 11.5 Å². The lowest BCUT2D eigenvalue weighted by Crippen LogP contribution is -2.54. The van der Waals surface area contributed by atoms with E-state index in [4.69, 9.17) is 11.5 Å². The van der Waals surface area contributed by atoms with Gasteiger partial charge < -0.3 is 37.5 Å². The van der Waals surface area contributed by atoms with Crippen molar-refractivity contribution >= 4 is 40.6 Å². The normalized spacial score (nSPS) is 12.9. The number of primary amides is 2. The number of hydrogen-bond donors (Lipinski definition) is 7. The Balaban J connectivity index is 1.93. The number of aliphatic carboxylic acids is 1. The Hall–Kier alpha value is -5.47. The first kappa shape index (κ1) is 32.0. The summed E-state index contributed by atoms with van der Waals surface area (Å²) in [5.41, 5.74) is 9.55. The molecule has 0 spiro atoms. The first-order valence-electron chi connectivity index (χ1n) is 13.4. The van der Waals surface area contributed by atoms with E-state index in [0.29, 0.717) is 5.56 Å². The summed E-state index contributed by atoms with van der Waals surface area (Å²) in [5, 5.41) is 16.9. The molecule has 9 N–H and O–H groups in total. The van der Waals surface area contributed by atoms with Gasteiger partial charge in [-0.05, 0) is 37.0 Å². The average molecular weight is 596 g/mol. The number of aromatic amines is 1. The van der Waals surface area contributed by atoms with Crippen LogP contribution in [0.3, 0.4) is 0 Å². The fourth-order valence-electron chi connectivity index (χ4n) is 4.47. The minimum absolute atomic E-state index is 0.0625. The van der Waals surface area contributed by atoms with Crippen LogP contribution in [0.15, 0.2) is 64.2 Å². The summed E-state index contributed by atoms with van der Waals surface area (Å²) >= 11 is 0. The van der Waals surface area contributed by atoms with Crippen LogP contribution >= 0.6 is 0 Å². The van der Waals surface area contributed by atoms with Gasteiger partial charge in [0.05, 0.1) is 10.9 Å². The number of rotatable bonds is 15. The lowest BCUT2D eigenvalue weighted by molar-refractivity contribution is -0.142. The number of urea groups is 1. The summed E-state index contributed by atoms with van der Waals surface area (Å²) in [6.45, 7) is 0.0625. The number of hydrogen-bond acceptors (Lipinski definition) is 7. The number of fused-ring (bicyclic) bond motifs is 1. The molecule has 3 rings (SSSR count). The van der Waals surface area contributed by atoms with Crippen LogP contribution in [0.2, 0.25) is 0 Å². The van der Waals surface area contributed by atoms with Crippen LogP contribution in [0, 0.1) is 0 Å². The largest absolute Gasteiger partial charge is 0.480 e. The number of aromatic nitrogens is 2. The zero-order valence-electron chi connectivity index (χ0n) is 23.1.